The summed E-state index contributed by atoms with van der Waals surface area (Å²) in [6.07, 6.45) is -1.04. The molecule has 1 saturated heterocycles. The number of aryl methyl sites for hydroxylation is 1. The Bertz CT molecular complexity index is 1280. The number of anilines is 2. The predicted molar refractivity (Wildman–Crippen MR) is 118 cm³/mol. The van der Waals surface area contributed by atoms with Gasteiger partial charge in [0.2, 0.25) is 5.95 Å². The summed E-state index contributed by atoms with van der Waals surface area (Å²) in [5, 5.41) is 16.8. The number of H-pyrrole nitrogens is 1. The van der Waals surface area contributed by atoms with Crippen LogP contribution in [0.1, 0.15) is 13.8 Å². The van der Waals surface area contributed by atoms with Crippen LogP contribution in [-0.4, -0.2) is 73.9 Å². The van der Waals surface area contributed by atoms with Gasteiger partial charge in [-0.1, -0.05) is 5.21 Å². The maximum absolute atomic E-state index is 14.9. The van der Waals surface area contributed by atoms with Crippen LogP contribution in [0, 0.1) is 11.6 Å². The first kappa shape index (κ1) is 23.4. The molecule has 0 bridgehead atoms. The number of carbonyl (C=O) groups is 1. The number of benzene rings is 1. The molecule has 1 aliphatic heterocycles. The van der Waals surface area contributed by atoms with Gasteiger partial charge in [-0.05, 0) is 13.8 Å². The van der Waals surface area contributed by atoms with E-state index in [2.05, 4.69) is 20.3 Å². The van der Waals surface area contributed by atoms with Gasteiger partial charge in [-0.2, -0.15) is 4.98 Å². The van der Waals surface area contributed by atoms with E-state index >= 15 is 0 Å². The number of hydrogen-bond acceptors (Lipinski definition) is 9. The Morgan fingerprint density at radius 3 is 2.41 bits per heavy atom. The number of halogens is 2. The first-order chi connectivity index (χ1) is 16.0. The maximum Gasteiger partial charge on any atom is 0.327 e. The van der Waals surface area contributed by atoms with Gasteiger partial charge >= 0.3 is 5.97 Å². The van der Waals surface area contributed by atoms with Crippen LogP contribution in [0.25, 0.3) is 11.2 Å². The normalized spacial score (nSPS) is 17.0. The van der Waals surface area contributed by atoms with Crippen molar-refractivity contribution in [2.75, 3.05) is 36.0 Å². The number of nitrogens with two attached hydrogens (primary N) is 1. The lowest BCUT2D eigenvalue weighted by Gasteiger charge is -2.36. The average Bonchev–Trinajstić information content (AvgIpc) is 3.15. The van der Waals surface area contributed by atoms with Crippen molar-refractivity contribution in [3.8, 4) is 5.75 Å². The molecule has 14 heteroatoms. The standard InChI is InChI=1S/C20H24F2N8O4/c1-10(20(2,23)18(32)33)34-11-8-12(21)15(13(22)9-11)29-4-6-30(7-5-29)19-24-16-14(17(31)25-19)26-27-28(16)3/h8-10H,4-7,23H2,1-3H3,(H,32,33)(H,24,25,31)/t10?,20-/m1/s1. The van der Waals surface area contributed by atoms with Crippen LogP contribution in [0.5, 0.6) is 5.75 Å². The van der Waals surface area contributed by atoms with Gasteiger partial charge in [0.1, 0.15) is 23.1 Å². The lowest BCUT2D eigenvalue weighted by Crippen LogP contribution is -2.55. The van der Waals surface area contributed by atoms with Gasteiger partial charge in [0.25, 0.3) is 5.56 Å². The molecule has 0 aliphatic carbocycles. The van der Waals surface area contributed by atoms with Crippen LogP contribution >= 0.6 is 0 Å². The quantitative estimate of drug-likeness (QED) is 0.448. The number of carboxylic acid groups (broad SMARTS) is 1. The average molecular weight is 478 g/mol. The van der Waals surface area contributed by atoms with Crippen molar-refractivity contribution in [2.24, 2.45) is 12.8 Å². The van der Waals surface area contributed by atoms with Crippen molar-refractivity contribution in [3.63, 3.8) is 0 Å². The van der Waals surface area contributed by atoms with E-state index in [9.17, 15) is 23.5 Å². The number of ether oxygens (including phenoxy) is 1. The Morgan fingerprint density at radius 2 is 1.82 bits per heavy atom. The molecule has 12 nitrogen and oxygen atoms in total. The Kier molecular flexibility index (Phi) is 5.85. The van der Waals surface area contributed by atoms with E-state index in [0.717, 1.165) is 12.1 Å². The molecule has 0 radical (unpaired) electrons. The van der Waals surface area contributed by atoms with Crippen molar-refractivity contribution in [1.29, 1.82) is 0 Å². The van der Waals surface area contributed by atoms with Gasteiger partial charge in [0.05, 0.1) is 0 Å². The van der Waals surface area contributed by atoms with E-state index in [4.69, 9.17) is 10.5 Å². The van der Waals surface area contributed by atoms with Gasteiger partial charge in [-0.25, -0.2) is 13.5 Å². The monoisotopic (exact) mass is 478 g/mol. The minimum atomic E-state index is -1.74. The van der Waals surface area contributed by atoms with Gasteiger partial charge in [0, 0.05) is 45.4 Å². The van der Waals surface area contributed by atoms with Crippen molar-refractivity contribution in [2.45, 2.75) is 25.5 Å². The molecular weight excluding hydrogens is 454 g/mol. The second kappa shape index (κ2) is 8.52. The highest BCUT2D eigenvalue weighted by atomic mass is 19.1. The Labute approximate surface area is 191 Å². The van der Waals surface area contributed by atoms with Crippen molar-refractivity contribution in [3.05, 3.63) is 34.1 Å². The molecule has 1 aromatic carbocycles. The number of aliphatic carboxylic acids is 1. The number of hydrogen-bond donors (Lipinski definition) is 3. The van der Waals surface area contributed by atoms with E-state index in [1.54, 1.807) is 16.8 Å². The zero-order valence-electron chi connectivity index (χ0n) is 18.7. The second-order valence-electron chi connectivity index (χ2n) is 8.33. The SMILES string of the molecule is CC(Oc1cc(F)c(N2CCN(c3nc4c(nnn4C)c(=O)[nH]3)CC2)c(F)c1)[C@@](C)(N)C(=O)O. The van der Waals surface area contributed by atoms with Crippen LogP contribution < -0.4 is 25.8 Å². The molecule has 3 heterocycles. The van der Waals surface area contributed by atoms with E-state index < -0.39 is 34.8 Å². The third-order valence-electron chi connectivity index (χ3n) is 5.95. The molecule has 2 atom stereocenters. The number of piperazine rings is 1. The van der Waals surface area contributed by atoms with E-state index in [1.165, 1.54) is 18.5 Å². The second-order valence-corrected chi connectivity index (χ2v) is 8.33. The predicted octanol–water partition coefficient (Wildman–Crippen LogP) is 0.226. The van der Waals surface area contributed by atoms with E-state index in [-0.39, 0.29) is 30.0 Å². The Balaban J connectivity index is 1.49. The maximum atomic E-state index is 14.9. The molecule has 0 spiro atoms. The fourth-order valence-corrected chi connectivity index (χ4v) is 3.62. The van der Waals surface area contributed by atoms with Gasteiger partial charge in [0.15, 0.2) is 22.8 Å². The molecule has 4 rings (SSSR count). The highest BCUT2D eigenvalue weighted by Gasteiger charge is 2.37. The smallest absolute Gasteiger partial charge is 0.327 e. The zero-order valence-corrected chi connectivity index (χ0v) is 18.7. The summed E-state index contributed by atoms with van der Waals surface area (Å²) < 4.78 is 36.5. The van der Waals surface area contributed by atoms with Crippen LogP contribution in [0.3, 0.4) is 0 Å². The molecule has 182 valence electrons. The lowest BCUT2D eigenvalue weighted by molar-refractivity contribution is -0.145. The molecular formula is C20H24F2N8O4. The number of aromatic nitrogens is 5. The fourth-order valence-electron chi connectivity index (χ4n) is 3.62. The highest BCUT2D eigenvalue weighted by Crippen LogP contribution is 2.30. The van der Waals surface area contributed by atoms with Crippen LogP contribution in [0.2, 0.25) is 0 Å². The highest BCUT2D eigenvalue weighted by molar-refractivity contribution is 5.78. The fraction of sp³-hybridized carbons (Fsp3) is 0.450. The third-order valence-corrected chi connectivity index (χ3v) is 5.95. The summed E-state index contributed by atoms with van der Waals surface area (Å²) >= 11 is 0. The first-order valence-corrected chi connectivity index (χ1v) is 10.5. The first-order valence-electron chi connectivity index (χ1n) is 10.5. The Morgan fingerprint density at radius 1 is 1.24 bits per heavy atom. The molecule has 0 saturated carbocycles. The molecule has 1 fully saturated rings. The lowest BCUT2D eigenvalue weighted by atomic mass is 9.97. The summed E-state index contributed by atoms with van der Waals surface area (Å²) in [6, 6.07) is 2.00. The third kappa shape index (κ3) is 4.11. The number of aromatic amines is 1. The Hall–Kier alpha value is -3.81. The van der Waals surface area contributed by atoms with Gasteiger partial charge < -0.3 is 25.4 Å². The minimum Gasteiger partial charge on any atom is -0.488 e. The van der Waals surface area contributed by atoms with Crippen molar-refractivity contribution >= 4 is 28.8 Å². The molecule has 0 amide bonds. The number of nitrogens with zero attached hydrogens (tertiary/aromatic N) is 6. The summed E-state index contributed by atoms with van der Waals surface area (Å²) in [6.45, 7) is 3.88. The summed E-state index contributed by atoms with van der Waals surface area (Å²) in [5.41, 5.74) is 3.79. The number of rotatable bonds is 6. The minimum absolute atomic E-state index is 0.129. The summed E-state index contributed by atoms with van der Waals surface area (Å²) in [5.74, 6) is -2.84. The van der Waals surface area contributed by atoms with E-state index in [0.29, 0.717) is 24.7 Å². The topological polar surface area (TPSA) is 155 Å². The molecule has 34 heavy (non-hydrogen) atoms. The molecule has 1 aliphatic rings. The van der Waals surface area contributed by atoms with Crippen molar-refractivity contribution in [1.82, 2.24) is 25.0 Å². The van der Waals surface area contributed by atoms with Crippen LogP contribution in [0.15, 0.2) is 16.9 Å². The molecule has 1 unspecified atom stereocenters. The number of fused-ring (bicyclic) bond motifs is 1. The van der Waals surface area contributed by atoms with Gasteiger partial charge in [-0.3, -0.25) is 14.6 Å². The van der Waals surface area contributed by atoms with Crippen LogP contribution in [0.4, 0.5) is 20.4 Å². The zero-order chi connectivity index (χ0) is 24.8. The largest absolute Gasteiger partial charge is 0.488 e. The molecule has 3 aromatic rings. The van der Waals surface area contributed by atoms with Crippen molar-refractivity contribution < 1.29 is 23.4 Å². The van der Waals surface area contributed by atoms with Crippen LogP contribution in [-0.2, 0) is 11.8 Å². The number of carboxylic acids is 1. The molecule has 4 N–H and O–H groups in total. The molecule has 2 aromatic heterocycles. The summed E-state index contributed by atoms with van der Waals surface area (Å²) in [4.78, 5) is 33.9. The summed E-state index contributed by atoms with van der Waals surface area (Å²) in [7, 11) is 1.62. The van der Waals surface area contributed by atoms with Gasteiger partial charge in [-0.15, -0.1) is 5.10 Å². The number of nitrogens with one attached hydrogen (secondary N) is 1. The van der Waals surface area contributed by atoms with E-state index in [1.807, 2.05) is 0 Å².